The molecule has 0 bridgehead atoms. The number of halogens is 3. The first kappa shape index (κ1) is 19.3. The van der Waals surface area contributed by atoms with E-state index < -0.39 is 40.1 Å². The van der Waals surface area contributed by atoms with Crippen molar-refractivity contribution in [2.75, 3.05) is 4.90 Å². The van der Waals surface area contributed by atoms with Crippen molar-refractivity contribution in [2.45, 2.75) is 42.1 Å². The quantitative estimate of drug-likeness (QED) is 0.739. The number of carbonyl (C=O) groups excluding carboxylic acids is 2. The van der Waals surface area contributed by atoms with Gasteiger partial charge in [0, 0.05) is 10.3 Å². The lowest BCUT2D eigenvalue weighted by Gasteiger charge is -2.38. The number of alkyl halides is 3. The van der Waals surface area contributed by atoms with E-state index in [1.165, 1.54) is 12.1 Å². The molecule has 3 atom stereocenters. The first-order chi connectivity index (χ1) is 13.1. The summed E-state index contributed by atoms with van der Waals surface area (Å²) in [6.07, 6.45) is -4.07. The van der Waals surface area contributed by atoms with Gasteiger partial charge in [-0.1, -0.05) is 43.0 Å². The van der Waals surface area contributed by atoms with Gasteiger partial charge in [0.1, 0.15) is 5.25 Å². The van der Waals surface area contributed by atoms with Crippen molar-refractivity contribution < 1.29 is 22.8 Å². The number of aromatic nitrogens is 1. The summed E-state index contributed by atoms with van der Waals surface area (Å²) in [7, 11) is 0. The highest BCUT2D eigenvalue weighted by Crippen LogP contribution is 2.55. The number of benzene rings is 1. The first-order valence-corrected chi connectivity index (χ1v) is 10.2. The molecule has 2 aliphatic rings. The lowest BCUT2D eigenvalue weighted by molar-refractivity contribution is -0.137. The average molecular weight is 428 g/mol. The molecule has 5 nitrogen and oxygen atoms in total. The highest BCUT2D eigenvalue weighted by molar-refractivity contribution is 8.00. The Morgan fingerprint density at radius 3 is 2.57 bits per heavy atom. The Balaban J connectivity index is 1.81. The number of amides is 2. The van der Waals surface area contributed by atoms with Crippen molar-refractivity contribution in [3.63, 3.8) is 0 Å². The van der Waals surface area contributed by atoms with Gasteiger partial charge < -0.3 is 4.98 Å². The van der Waals surface area contributed by atoms with E-state index in [1.54, 1.807) is 0 Å². The van der Waals surface area contributed by atoms with Crippen LogP contribution in [0.4, 0.5) is 18.9 Å². The topological polar surface area (TPSA) is 70.2 Å². The van der Waals surface area contributed by atoms with Crippen LogP contribution in [0.1, 0.15) is 30.7 Å². The number of imide groups is 1. The number of aromatic amines is 1. The molecule has 3 heterocycles. The number of nitrogens with zero attached hydrogens (tertiary/aromatic N) is 1. The zero-order chi connectivity index (χ0) is 20.4. The molecule has 1 aromatic heterocycles. The Morgan fingerprint density at radius 1 is 1.21 bits per heavy atom. The number of nitrogens with one attached hydrogen (secondary N) is 1. The SMILES string of the molecule is CC[C@]1(C)c2sc(=O)[nH]c2S[C@H]2C(=O)N(c3cccc(C(F)(F)F)c3)C(=O)[C@H]21. The van der Waals surface area contributed by atoms with Gasteiger partial charge in [0.15, 0.2) is 0 Å². The zero-order valence-electron chi connectivity index (χ0n) is 14.8. The van der Waals surface area contributed by atoms with Gasteiger partial charge in [-0.2, -0.15) is 13.2 Å². The van der Waals surface area contributed by atoms with Crippen LogP contribution in [0.15, 0.2) is 34.1 Å². The molecule has 0 unspecified atom stereocenters. The molecule has 4 rings (SSSR count). The Kier molecular flexibility index (Phi) is 4.27. The summed E-state index contributed by atoms with van der Waals surface area (Å²) >= 11 is 2.12. The maximum atomic E-state index is 13.2. The summed E-state index contributed by atoms with van der Waals surface area (Å²) in [5, 5.41) is -0.225. The minimum atomic E-state index is -4.58. The average Bonchev–Trinajstić information content (AvgIpc) is 3.13. The van der Waals surface area contributed by atoms with Crippen molar-refractivity contribution in [1.82, 2.24) is 4.98 Å². The fourth-order valence-corrected chi connectivity index (χ4v) is 6.69. The van der Waals surface area contributed by atoms with Gasteiger partial charge in [-0.05, 0) is 24.6 Å². The van der Waals surface area contributed by atoms with Crippen LogP contribution in [0.3, 0.4) is 0 Å². The standard InChI is InChI=1S/C18H15F3N2O3S2/c1-3-17(2)10-11(27-13-12(17)28-16(26)22-13)15(25)23(14(10)24)9-6-4-5-8(7-9)18(19,20)21/h4-7,10-11H,3H2,1-2H3,(H,22,26)/t10-,11+,17-/m0/s1. The van der Waals surface area contributed by atoms with E-state index in [4.69, 9.17) is 0 Å². The molecule has 1 saturated heterocycles. The van der Waals surface area contributed by atoms with Crippen LogP contribution < -0.4 is 9.77 Å². The number of hydrogen-bond donors (Lipinski definition) is 1. The normalized spacial score (nSPS) is 27.1. The fourth-order valence-electron chi connectivity index (χ4n) is 3.87. The van der Waals surface area contributed by atoms with E-state index in [9.17, 15) is 27.6 Å². The smallest absolute Gasteiger partial charge is 0.307 e. The Hall–Kier alpha value is -2.07. The maximum Gasteiger partial charge on any atom is 0.416 e. The first-order valence-electron chi connectivity index (χ1n) is 8.53. The Morgan fingerprint density at radius 2 is 1.93 bits per heavy atom. The van der Waals surface area contributed by atoms with Gasteiger partial charge in [-0.25, -0.2) is 4.90 Å². The van der Waals surface area contributed by atoms with E-state index in [1.807, 2.05) is 13.8 Å². The van der Waals surface area contributed by atoms with Crippen LogP contribution in [-0.2, 0) is 21.2 Å². The van der Waals surface area contributed by atoms with E-state index in [0.717, 1.165) is 45.0 Å². The lowest BCUT2D eigenvalue weighted by atomic mass is 9.72. The van der Waals surface area contributed by atoms with Gasteiger partial charge in [-0.3, -0.25) is 14.4 Å². The van der Waals surface area contributed by atoms with E-state index in [-0.39, 0.29) is 10.6 Å². The second-order valence-corrected chi connectivity index (χ2v) is 9.15. The molecule has 2 aromatic rings. The molecule has 0 radical (unpaired) electrons. The predicted octanol–water partition coefficient (Wildman–Crippen LogP) is 3.79. The van der Waals surface area contributed by atoms with Crippen molar-refractivity contribution >= 4 is 40.6 Å². The van der Waals surface area contributed by atoms with E-state index >= 15 is 0 Å². The van der Waals surface area contributed by atoms with Gasteiger partial charge in [0.25, 0.3) is 0 Å². The highest BCUT2D eigenvalue weighted by Gasteiger charge is 2.60. The molecule has 148 valence electrons. The van der Waals surface area contributed by atoms with Crippen molar-refractivity contribution in [2.24, 2.45) is 5.92 Å². The van der Waals surface area contributed by atoms with Gasteiger partial charge in [0.2, 0.25) is 11.8 Å². The molecule has 10 heteroatoms. The van der Waals surface area contributed by atoms with Crippen molar-refractivity contribution in [3.8, 4) is 0 Å². The van der Waals surface area contributed by atoms with Crippen LogP contribution in [0.25, 0.3) is 0 Å². The molecule has 1 fully saturated rings. The number of hydrogen-bond acceptors (Lipinski definition) is 5. The molecule has 0 aliphatic carbocycles. The number of rotatable bonds is 2. The summed E-state index contributed by atoms with van der Waals surface area (Å²) in [6, 6.07) is 4.22. The van der Waals surface area contributed by atoms with Crippen molar-refractivity contribution in [1.29, 1.82) is 0 Å². The third-order valence-electron chi connectivity index (χ3n) is 5.49. The summed E-state index contributed by atoms with van der Waals surface area (Å²) < 4.78 is 39.2. The van der Waals surface area contributed by atoms with E-state index in [2.05, 4.69) is 4.98 Å². The number of thioether (sulfide) groups is 1. The second kappa shape index (κ2) is 6.21. The third kappa shape index (κ3) is 2.65. The lowest BCUT2D eigenvalue weighted by Crippen LogP contribution is -2.43. The summed E-state index contributed by atoms with van der Waals surface area (Å²) in [5.41, 5.74) is -1.76. The number of fused-ring (bicyclic) bond motifs is 2. The minimum Gasteiger partial charge on any atom is -0.307 e. The number of thiazole rings is 1. The third-order valence-corrected chi connectivity index (χ3v) is 8.05. The molecule has 2 amide bonds. The van der Waals surface area contributed by atoms with Crippen molar-refractivity contribution in [3.05, 3.63) is 44.4 Å². The largest absolute Gasteiger partial charge is 0.416 e. The van der Waals surface area contributed by atoms with Gasteiger partial charge >= 0.3 is 11.0 Å². The predicted molar refractivity (Wildman–Crippen MR) is 99.7 cm³/mol. The molecular formula is C18H15F3N2O3S2. The Bertz CT molecular complexity index is 1050. The number of anilines is 1. The van der Waals surface area contributed by atoms with Crippen LogP contribution in [-0.4, -0.2) is 22.0 Å². The molecule has 2 aliphatic heterocycles. The molecule has 1 aromatic carbocycles. The molecule has 0 saturated carbocycles. The number of H-pyrrole nitrogens is 1. The molecule has 1 N–H and O–H groups in total. The monoisotopic (exact) mass is 428 g/mol. The van der Waals surface area contributed by atoms with Crippen LogP contribution in [0.2, 0.25) is 0 Å². The zero-order valence-corrected chi connectivity index (χ0v) is 16.4. The molecule has 28 heavy (non-hydrogen) atoms. The van der Waals surface area contributed by atoms with Crippen LogP contribution >= 0.6 is 23.1 Å². The maximum absolute atomic E-state index is 13.2. The Labute approximate surface area is 165 Å². The molecule has 0 spiro atoms. The van der Waals surface area contributed by atoms with Gasteiger partial charge in [0.05, 0.1) is 22.2 Å². The highest BCUT2D eigenvalue weighted by atomic mass is 32.2. The summed E-state index contributed by atoms with van der Waals surface area (Å²) in [4.78, 5) is 42.1. The van der Waals surface area contributed by atoms with Crippen LogP contribution in [0, 0.1) is 5.92 Å². The minimum absolute atomic E-state index is 0.0878. The second-order valence-electron chi connectivity index (χ2n) is 7.02. The molecular weight excluding hydrogens is 413 g/mol. The number of carbonyl (C=O) groups is 2. The fraction of sp³-hybridized carbons (Fsp3) is 0.389. The van der Waals surface area contributed by atoms with E-state index in [0.29, 0.717) is 11.4 Å². The van der Waals surface area contributed by atoms with Gasteiger partial charge in [-0.15, -0.1) is 0 Å². The van der Waals surface area contributed by atoms with Crippen LogP contribution in [0.5, 0.6) is 0 Å². The summed E-state index contributed by atoms with van der Waals surface area (Å²) in [6.45, 7) is 3.69. The summed E-state index contributed by atoms with van der Waals surface area (Å²) in [5.74, 6) is -1.84.